The average molecular weight is 429 g/mol. The molecule has 0 saturated carbocycles. The molecule has 2 N–H and O–H groups in total. The van der Waals surface area contributed by atoms with Gasteiger partial charge in [0.2, 0.25) is 5.91 Å². The molecule has 0 aliphatic carbocycles. The van der Waals surface area contributed by atoms with Crippen molar-refractivity contribution in [3.05, 3.63) is 12.7 Å². The fourth-order valence-electron chi connectivity index (χ4n) is 4.06. The maximum atomic E-state index is 11.4. The zero-order valence-electron chi connectivity index (χ0n) is 20.6. The SMILES string of the molecule is C=CC(=O)NCCCC(C)(CC)[Si](C)(C)OC(C)(CC)[Si](C)(C)NC(C)(C)C. The van der Waals surface area contributed by atoms with Gasteiger partial charge in [0.1, 0.15) is 0 Å². The Balaban J connectivity index is 5.43. The second-order valence-corrected chi connectivity index (χ2v) is 19.7. The summed E-state index contributed by atoms with van der Waals surface area (Å²) in [5.74, 6) is -0.0921. The number of rotatable bonds is 12. The maximum Gasteiger partial charge on any atom is 0.243 e. The lowest BCUT2D eigenvalue weighted by molar-refractivity contribution is -0.116. The van der Waals surface area contributed by atoms with Crippen LogP contribution in [0.15, 0.2) is 12.7 Å². The summed E-state index contributed by atoms with van der Waals surface area (Å²) in [6, 6.07) is 0. The number of nitrogens with one attached hydrogen (secondary N) is 2. The van der Waals surface area contributed by atoms with E-state index in [0.29, 0.717) is 6.54 Å². The van der Waals surface area contributed by atoms with Crippen LogP contribution in [0.5, 0.6) is 0 Å². The van der Waals surface area contributed by atoms with Crippen LogP contribution in [0.1, 0.15) is 74.1 Å². The summed E-state index contributed by atoms with van der Waals surface area (Å²) < 4.78 is 7.18. The van der Waals surface area contributed by atoms with Gasteiger partial charge < -0.3 is 14.7 Å². The second-order valence-electron chi connectivity index (χ2n) is 10.7. The van der Waals surface area contributed by atoms with Gasteiger partial charge in [-0.15, -0.1) is 0 Å². The average Bonchev–Trinajstić information content (AvgIpc) is 2.55. The highest BCUT2D eigenvalue weighted by molar-refractivity contribution is 6.80. The highest BCUT2D eigenvalue weighted by Crippen LogP contribution is 2.48. The first-order chi connectivity index (χ1) is 12.5. The van der Waals surface area contributed by atoms with E-state index in [1.807, 2.05) is 0 Å². The van der Waals surface area contributed by atoms with Crippen molar-refractivity contribution < 1.29 is 9.22 Å². The Kier molecular flexibility index (Phi) is 9.89. The Morgan fingerprint density at radius 1 is 1.04 bits per heavy atom. The van der Waals surface area contributed by atoms with Crippen LogP contribution in [0.4, 0.5) is 0 Å². The monoisotopic (exact) mass is 428 g/mol. The lowest BCUT2D eigenvalue weighted by Crippen LogP contribution is -2.70. The molecule has 0 rings (SSSR count). The van der Waals surface area contributed by atoms with Crippen LogP contribution in [0.2, 0.25) is 31.2 Å². The third-order valence-electron chi connectivity index (χ3n) is 6.79. The predicted octanol–water partition coefficient (Wildman–Crippen LogP) is 5.76. The van der Waals surface area contributed by atoms with Crippen molar-refractivity contribution in [1.29, 1.82) is 0 Å². The van der Waals surface area contributed by atoms with Gasteiger partial charge in [0.15, 0.2) is 16.6 Å². The van der Waals surface area contributed by atoms with Crippen LogP contribution < -0.4 is 10.3 Å². The first-order valence-electron chi connectivity index (χ1n) is 10.9. The van der Waals surface area contributed by atoms with Crippen LogP contribution in [0, 0.1) is 0 Å². The molecule has 0 saturated heterocycles. The van der Waals surface area contributed by atoms with Gasteiger partial charge in [0.05, 0.1) is 5.22 Å². The van der Waals surface area contributed by atoms with E-state index >= 15 is 0 Å². The fraction of sp³-hybridized carbons (Fsp3) is 0.864. The van der Waals surface area contributed by atoms with Crippen molar-refractivity contribution in [2.75, 3.05) is 6.54 Å². The van der Waals surface area contributed by atoms with Gasteiger partial charge >= 0.3 is 0 Å². The number of carbonyl (C=O) groups excluding carboxylic acids is 1. The molecule has 0 heterocycles. The molecule has 4 nitrogen and oxygen atoms in total. The van der Waals surface area contributed by atoms with Crippen LogP contribution in [0.3, 0.4) is 0 Å². The molecule has 0 radical (unpaired) electrons. The van der Waals surface area contributed by atoms with Gasteiger partial charge in [0, 0.05) is 12.1 Å². The van der Waals surface area contributed by atoms with E-state index in [-0.39, 0.29) is 21.7 Å². The molecule has 28 heavy (non-hydrogen) atoms. The Morgan fingerprint density at radius 2 is 1.57 bits per heavy atom. The number of amides is 1. The summed E-state index contributed by atoms with van der Waals surface area (Å²) >= 11 is 0. The summed E-state index contributed by atoms with van der Waals surface area (Å²) in [5.41, 5.74) is 0.0820. The minimum Gasteiger partial charge on any atom is -0.413 e. The Hall–Kier alpha value is -0.436. The number of hydrogen-bond donors (Lipinski definition) is 2. The zero-order chi connectivity index (χ0) is 22.4. The van der Waals surface area contributed by atoms with E-state index in [0.717, 1.165) is 25.7 Å². The summed E-state index contributed by atoms with van der Waals surface area (Å²) in [7, 11) is -3.88. The fourth-order valence-corrected chi connectivity index (χ4v) is 12.0. The van der Waals surface area contributed by atoms with Gasteiger partial charge in [-0.3, -0.25) is 4.79 Å². The number of hydrogen-bond acceptors (Lipinski definition) is 3. The van der Waals surface area contributed by atoms with Crippen molar-refractivity contribution in [2.45, 2.75) is 116 Å². The van der Waals surface area contributed by atoms with E-state index in [1.54, 1.807) is 0 Å². The molecule has 2 atom stereocenters. The second kappa shape index (κ2) is 10.0. The zero-order valence-corrected chi connectivity index (χ0v) is 22.6. The molecule has 0 aromatic heterocycles. The minimum atomic E-state index is -2.02. The minimum absolute atomic E-state index is 0.0820. The Labute approximate surface area is 177 Å². The van der Waals surface area contributed by atoms with Crippen LogP contribution in [-0.4, -0.2) is 39.8 Å². The Morgan fingerprint density at radius 3 is 1.96 bits per heavy atom. The van der Waals surface area contributed by atoms with Crippen molar-refractivity contribution in [1.82, 2.24) is 10.3 Å². The summed E-state index contributed by atoms with van der Waals surface area (Å²) in [6.45, 7) is 29.8. The first-order valence-corrected chi connectivity index (χ1v) is 16.8. The van der Waals surface area contributed by atoms with Crippen molar-refractivity contribution in [3.63, 3.8) is 0 Å². The highest BCUT2D eigenvalue weighted by Gasteiger charge is 2.52. The molecule has 6 heteroatoms. The van der Waals surface area contributed by atoms with Crippen LogP contribution >= 0.6 is 0 Å². The van der Waals surface area contributed by atoms with Gasteiger partial charge in [-0.05, 0) is 71.2 Å². The standard InChI is InChI=1S/C22H48N2O2Si2/c1-13-19(25)23-18-16-17-21(7,14-2)28(11,12)26-22(8,15-3)27(9,10)24-20(4,5)6/h13,24H,1,14-18H2,2-12H3,(H,23,25). The molecule has 2 unspecified atom stereocenters. The number of carbonyl (C=O) groups is 1. The summed E-state index contributed by atoms with van der Waals surface area (Å²) in [4.78, 5) is 15.3. The maximum absolute atomic E-state index is 11.4. The smallest absolute Gasteiger partial charge is 0.243 e. The van der Waals surface area contributed by atoms with Crippen molar-refractivity contribution in [3.8, 4) is 0 Å². The summed E-state index contributed by atoms with van der Waals surface area (Å²) in [5, 5.41) is 2.94. The molecule has 1 amide bonds. The van der Waals surface area contributed by atoms with E-state index in [2.05, 4.69) is 91.5 Å². The first kappa shape index (κ1) is 27.6. The van der Waals surface area contributed by atoms with Crippen molar-refractivity contribution in [2.24, 2.45) is 0 Å². The van der Waals surface area contributed by atoms with Crippen LogP contribution in [-0.2, 0) is 9.22 Å². The molecule has 0 aliphatic rings. The van der Waals surface area contributed by atoms with Gasteiger partial charge in [-0.2, -0.15) is 0 Å². The topological polar surface area (TPSA) is 50.4 Å². The van der Waals surface area contributed by atoms with E-state index in [4.69, 9.17) is 4.43 Å². The van der Waals surface area contributed by atoms with Gasteiger partial charge in [0.25, 0.3) is 0 Å². The van der Waals surface area contributed by atoms with E-state index in [9.17, 15) is 4.79 Å². The van der Waals surface area contributed by atoms with Crippen LogP contribution in [0.25, 0.3) is 0 Å². The molecular weight excluding hydrogens is 380 g/mol. The lowest BCUT2D eigenvalue weighted by Gasteiger charge is -2.53. The Bertz CT molecular complexity index is 529. The molecule has 0 aromatic rings. The van der Waals surface area contributed by atoms with E-state index < -0.39 is 16.6 Å². The third kappa shape index (κ3) is 7.43. The molecule has 0 spiro atoms. The lowest BCUT2D eigenvalue weighted by atomic mass is 10.0. The summed E-state index contributed by atoms with van der Waals surface area (Å²) in [6.07, 6.45) is 5.47. The quantitative estimate of drug-likeness (QED) is 0.236. The molecule has 0 fully saturated rings. The van der Waals surface area contributed by atoms with Gasteiger partial charge in [-0.25, -0.2) is 0 Å². The molecule has 166 valence electrons. The van der Waals surface area contributed by atoms with Crippen molar-refractivity contribution >= 4 is 22.5 Å². The highest BCUT2D eigenvalue weighted by atomic mass is 28.4. The molecule has 0 aliphatic heterocycles. The molecule has 0 aromatic carbocycles. The molecule has 0 bridgehead atoms. The van der Waals surface area contributed by atoms with Gasteiger partial charge in [-0.1, -0.05) is 46.9 Å². The predicted molar refractivity (Wildman–Crippen MR) is 129 cm³/mol. The largest absolute Gasteiger partial charge is 0.413 e. The van der Waals surface area contributed by atoms with E-state index in [1.165, 1.54) is 6.08 Å². The third-order valence-corrected chi connectivity index (χ3v) is 15.9. The normalized spacial score (nSPS) is 17.5. The molecular formula is C22H48N2O2Si2.